The van der Waals surface area contributed by atoms with Crippen LogP contribution < -0.4 is 19.5 Å². The fourth-order valence-electron chi connectivity index (χ4n) is 2.10. The Morgan fingerprint density at radius 2 is 1.64 bits per heavy atom. The lowest BCUT2D eigenvalue weighted by molar-refractivity contribution is 0.102. The van der Waals surface area contributed by atoms with Crippen LogP contribution in [0.4, 0.5) is 5.69 Å². The van der Waals surface area contributed by atoms with Crippen molar-refractivity contribution in [1.29, 1.82) is 0 Å². The zero-order valence-corrected chi connectivity index (χ0v) is 16.5. The third-order valence-corrected chi connectivity index (χ3v) is 4.28. The monoisotopic (exact) mass is 457 g/mol. The number of amides is 1. The highest BCUT2D eigenvalue weighted by Crippen LogP contribution is 2.31. The van der Waals surface area contributed by atoms with Crippen LogP contribution in [0.5, 0.6) is 17.2 Å². The Hall–Kier alpha value is -2.00. The Morgan fingerprint density at radius 3 is 2.24 bits per heavy atom. The maximum Gasteiger partial charge on any atom is 0.256 e. The van der Waals surface area contributed by atoms with Crippen molar-refractivity contribution in [3.8, 4) is 17.2 Å². The number of carbonyl (C=O) groups excluding carboxylic acids is 1. The first kappa shape index (κ1) is 19.3. The van der Waals surface area contributed by atoms with Gasteiger partial charge < -0.3 is 24.3 Å². The van der Waals surface area contributed by atoms with Crippen LogP contribution in [0.3, 0.4) is 0 Å². The number of methoxy groups -OCH3 is 3. The average Bonchev–Trinajstić information content (AvgIpc) is 2.63. The largest absolute Gasteiger partial charge is 0.493 e. The molecule has 0 aliphatic carbocycles. The second-order valence-corrected chi connectivity index (χ2v) is 6.17. The maximum atomic E-state index is 12.5. The fraction of sp³-hybridized carbons (Fsp3) is 0.278. The second kappa shape index (κ2) is 9.47. The molecule has 134 valence electrons. The van der Waals surface area contributed by atoms with Gasteiger partial charge in [-0.3, -0.25) is 4.79 Å². The summed E-state index contributed by atoms with van der Waals surface area (Å²) in [7, 11) is 4.72. The minimum absolute atomic E-state index is 0.224. The molecule has 0 fully saturated rings. The smallest absolute Gasteiger partial charge is 0.256 e. The molecule has 0 saturated carbocycles. The summed E-state index contributed by atoms with van der Waals surface area (Å²) in [5.41, 5.74) is 1.19. The SMILES string of the molecule is COCCOc1ccc(NC(=O)c2cc(OC)c(OC)cc2I)cc1. The van der Waals surface area contributed by atoms with Crippen LogP contribution in [0.2, 0.25) is 0 Å². The first-order valence-electron chi connectivity index (χ1n) is 7.53. The highest BCUT2D eigenvalue weighted by Gasteiger charge is 2.15. The summed E-state index contributed by atoms with van der Waals surface area (Å²) in [5.74, 6) is 1.59. The number of carbonyl (C=O) groups is 1. The Kier molecular flexibility index (Phi) is 7.32. The van der Waals surface area contributed by atoms with E-state index in [9.17, 15) is 4.79 Å². The van der Waals surface area contributed by atoms with Crippen molar-refractivity contribution in [1.82, 2.24) is 0 Å². The van der Waals surface area contributed by atoms with Gasteiger partial charge in [0, 0.05) is 16.4 Å². The third-order valence-electron chi connectivity index (χ3n) is 3.39. The van der Waals surface area contributed by atoms with E-state index in [0.717, 1.165) is 9.32 Å². The molecule has 0 saturated heterocycles. The van der Waals surface area contributed by atoms with Gasteiger partial charge in [-0.15, -0.1) is 0 Å². The van der Waals surface area contributed by atoms with Gasteiger partial charge in [0.05, 0.1) is 26.4 Å². The van der Waals surface area contributed by atoms with Crippen LogP contribution in [0.25, 0.3) is 0 Å². The normalized spacial score (nSPS) is 10.2. The molecule has 0 aliphatic heterocycles. The van der Waals surface area contributed by atoms with Crippen molar-refractivity contribution in [2.24, 2.45) is 0 Å². The lowest BCUT2D eigenvalue weighted by Crippen LogP contribution is -2.14. The summed E-state index contributed by atoms with van der Waals surface area (Å²) in [6.07, 6.45) is 0. The van der Waals surface area contributed by atoms with Crippen molar-refractivity contribution in [3.63, 3.8) is 0 Å². The molecule has 2 rings (SSSR count). The van der Waals surface area contributed by atoms with Gasteiger partial charge in [-0.2, -0.15) is 0 Å². The van der Waals surface area contributed by atoms with Crippen molar-refractivity contribution >= 4 is 34.2 Å². The fourth-order valence-corrected chi connectivity index (χ4v) is 2.79. The Bertz CT molecular complexity index is 718. The average molecular weight is 457 g/mol. The van der Waals surface area contributed by atoms with E-state index >= 15 is 0 Å². The molecular formula is C18H20INO5. The standard InChI is InChI=1S/C18H20INO5/c1-22-8-9-25-13-6-4-12(5-7-13)20-18(21)14-10-16(23-2)17(24-3)11-15(14)19/h4-7,10-11H,8-9H2,1-3H3,(H,20,21). The van der Waals surface area contributed by atoms with Crippen LogP contribution >= 0.6 is 22.6 Å². The maximum absolute atomic E-state index is 12.5. The van der Waals surface area contributed by atoms with E-state index in [1.807, 2.05) is 0 Å². The zero-order valence-electron chi connectivity index (χ0n) is 14.3. The van der Waals surface area contributed by atoms with Gasteiger partial charge in [0.1, 0.15) is 12.4 Å². The van der Waals surface area contributed by atoms with Gasteiger partial charge in [0.2, 0.25) is 0 Å². The van der Waals surface area contributed by atoms with Crippen LogP contribution in [0, 0.1) is 3.57 Å². The molecule has 0 heterocycles. The molecule has 25 heavy (non-hydrogen) atoms. The molecule has 2 aromatic carbocycles. The Morgan fingerprint density at radius 1 is 1.00 bits per heavy atom. The minimum atomic E-state index is -0.224. The van der Waals surface area contributed by atoms with E-state index in [-0.39, 0.29) is 5.91 Å². The summed E-state index contributed by atoms with van der Waals surface area (Å²) in [4.78, 5) is 12.5. The van der Waals surface area contributed by atoms with E-state index in [4.69, 9.17) is 18.9 Å². The molecule has 6 nitrogen and oxygen atoms in total. The highest BCUT2D eigenvalue weighted by molar-refractivity contribution is 14.1. The van der Waals surface area contributed by atoms with E-state index in [0.29, 0.717) is 36.0 Å². The van der Waals surface area contributed by atoms with Crippen molar-refractivity contribution in [3.05, 3.63) is 45.5 Å². The van der Waals surface area contributed by atoms with Gasteiger partial charge in [0.15, 0.2) is 11.5 Å². The third kappa shape index (κ3) is 5.23. The Balaban J connectivity index is 2.09. The van der Waals surface area contributed by atoms with E-state index in [2.05, 4.69) is 27.9 Å². The number of anilines is 1. The first-order valence-corrected chi connectivity index (χ1v) is 8.61. The van der Waals surface area contributed by atoms with Crippen LogP contribution in [-0.4, -0.2) is 40.5 Å². The van der Waals surface area contributed by atoms with Gasteiger partial charge >= 0.3 is 0 Å². The lowest BCUT2D eigenvalue weighted by atomic mass is 10.2. The molecular weight excluding hydrogens is 437 g/mol. The quantitative estimate of drug-likeness (QED) is 0.485. The second-order valence-electron chi connectivity index (χ2n) is 5.01. The first-order chi connectivity index (χ1) is 12.1. The zero-order chi connectivity index (χ0) is 18.2. The topological polar surface area (TPSA) is 66.0 Å². The van der Waals surface area contributed by atoms with E-state index in [1.54, 1.807) is 50.6 Å². The number of benzene rings is 2. The molecule has 1 N–H and O–H groups in total. The molecule has 7 heteroatoms. The number of hydrogen-bond acceptors (Lipinski definition) is 5. The molecule has 0 spiro atoms. The molecule has 0 aliphatic rings. The summed E-state index contributed by atoms with van der Waals surface area (Å²) in [6, 6.07) is 10.6. The van der Waals surface area contributed by atoms with Crippen LogP contribution in [0.15, 0.2) is 36.4 Å². The molecule has 0 bridgehead atoms. The van der Waals surface area contributed by atoms with Gasteiger partial charge in [-0.1, -0.05) is 0 Å². The lowest BCUT2D eigenvalue weighted by Gasteiger charge is -2.12. The molecule has 0 unspecified atom stereocenters. The van der Waals surface area contributed by atoms with Gasteiger partial charge in [-0.25, -0.2) is 0 Å². The van der Waals surface area contributed by atoms with Crippen molar-refractivity contribution < 1.29 is 23.7 Å². The molecule has 0 aromatic heterocycles. The number of hydrogen-bond donors (Lipinski definition) is 1. The molecule has 0 radical (unpaired) electrons. The number of halogens is 1. The summed E-state index contributed by atoms with van der Waals surface area (Å²) >= 11 is 2.10. The highest BCUT2D eigenvalue weighted by atomic mass is 127. The van der Waals surface area contributed by atoms with E-state index in [1.165, 1.54) is 7.11 Å². The predicted octanol–water partition coefficient (Wildman–Crippen LogP) is 3.59. The Labute approximate surface area is 160 Å². The van der Waals surface area contributed by atoms with Gasteiger partial charge in [-0.05, 0) is 59.0 Å². The predicted molar refractivity (Wildman–Crippen MR) is 104 cm³/mol. The van der Waals surface area contributed by atoms with Gasteiger partial charge in [0.25, 0.3) is 5.91 Å². The molecule has 1 amide bonds. The van der Waals surface area contributed by atoms with E-state index < -0.39 is 0 Å². The molecule has 2 aromatic rings. The minimum Gasteiger partial charge on any atom is -0.493 e. The van der Waals surface area contributed by atoms with Crippen LogP contribution in [-0.2, 0) is 4.74 Å². The summed E-state index contributed by atoms with van der Waals surface area (Å²) < 4.78 is 21.7. The van der Waals surface area contributed by atoms with Crippen molar-refractivity contribution in [2.45, 2.75) is 0 Å². The summed E-state index contributed by atoms with van der Waals surface area (Å²) in [5, 5.41) is 2.86. The van der Waals surface area contributed by atoms with Crippen LogP contribution in [0.1, 0.15) is 10.4 Å². The number of ether oxygens (including phenoxy) is 4. The number of rotatable bonds is 8. The van der Waals surface area contributed by atoms with Crippen molar-refractivity contribution in [2.75, 3.05) is 39.9 Å². The molecule has 0 atom stereocenters. The summed E-state index contributed by atoms with van der Waals surface area (Å²) in [6.45, 7) is 1.00. The number of nitrogens with one attached hydrogen (secondary N) is 1.